The molecule has 4 rings (SSSR count). The third-order valence-corrected chi connectivity index (χ3v) is 7.10. The molecule has 0 saturated carbocycles. The largest absolute Gasteiger partial charge is 0.481 e. The molecule has 0 aliphatic carbocycles. The van der Waals surface area contributed by atoms with E-state index in [1.54, 1.807) is 36.4 Å². The van der Waals surface area contributed by atoms with E-state index in [2.05, 4.69) is 9.69 Å². The van der Waals surface area contributed by atoms with Gasteiger partial charge in [-0.3, -0.25) is 14.4 Å². The van der Waals surface area contributed by atoms with Gasteiger partial charge in [-0.15, -0.1) is 0 Å². The monoisotopic (exact) mass is 632 g/mol. The van der Waals surface area contributed by atoms with Crippen molar-refractivity contribution in [2.24, 2.45) is 11.8 Å². The Bertz CT molecular complexity index is 1640. The molecule has 0 aromatic heterocycles. The Kier molecular flexibility index (Phi) is 14.9. The lowest BCUT2D eigenvalue weighted by molar-refractivity contribution is -0.152. The maximum Gasteiger partial charge on any atom is 0.307 e. The molecule has 4 aromatic rings. The van der Waals surface area contributed by atoms with Crippen LogP contribution in [-0.4, -0.2) is 34.7 Å². The van der Waals surface area contributed by atoms with Crippen LogP contribution in [-0.2, 0) is 49.9 Å². The fourth-order valence-corrected chi connectivity index (χ4v) is 4.51. The number of ether oxygens (including phenoxy) is 2. The van der Waals surface area contributed by atoms with Crippen LogP contribution in [0.4, 0.5) is 11.4 Å². The fourth-order valence-electron chi connectivity index (χ4n) is 4.51. The van der Waals surface area contributed by atoms with Crippen molar-refractivity contribution in [3.63, 3.8) is 0 Å². The maximum atomic E-state index is 11.9. The molecule has 0 heterocycles. The molecule has 0 aliphatic rings. The average molecular weight is 633 g/mol. The Morgan fingerprint density at radius 2 is 1.02 bits per heavy atom. The van der Waals surface area contributed by atoms with Gasteiger partial charge in [0, 0.05) is 6.61 Å². The van der Waals surface area contributed by atoms with E-state index in [-0.39, 0.29) is 51.0 Å². The van der Waals surface area contributed by atoms with Gasteiger partial charge in [0.15, 0.2) is 11.4 Å². The second kappa shape index (κ2) is 19.6. The molecule has 0 radical (unpaired) electrons. The van der Waals surface area contributed by atoms with Crippen LogP contribution in [0.5, 0.6) is 0 Å². The average Bonchev–Trinajstić information content (AvgIpc) is 3.11. The Hall–Kier alpha value is -5.77. The summed E-state index contributed by atoms with van der Waals surface area (Å²) in [7, 11) is 0. The minimum Gasteiger partial charge on any atom is -0.481 e. The van der Waals surface area contributed by atoms with Crippen molar-refractivity contribution in [1.29, 1.82) is 0 Å². The van der Waals surface area contributed by atoms with Crippen molar-refractivity contribution >= 4 is 29.3 Å². The van der Waals surface area contributed by atoms with Crippen LogP contribution in [0, 0.1) is 25.0 Å². The minimum atomic E-state index is -1.04. The van der Waals surface area contributed by atoms with Crippen molar-refractivity contribution in [2.45, 2.75) is 38.9 Å². The first-order valence-corrected chi connectivity index (χ1v) is 14.9. The zero-order valence-corrected chi connectivity index (χ0v) is 25.8. The first-order chi connectivity index (χ1) is 22.8. The smallest absolute Gasteiger partial charge is 0.307 e. The van der Waals surface area contributed by atoms with Crippen LogP contribution in [0.15, 0.2) is 109 Å². The second-order valence-electron chi connectivity index (χ2n) is 10.7. The summed E-state index contributed by atoms with van der Waals surface area (Å²) in [6.45, 7) is 14.1. The van der Waals surface area contributed by atoms with Gasteiger partial charge in [0.2, 0.25) is 0 Å². The molecule has 47 heavy (non-hydrogen) atoms. The van der Waals surface area contributed by atoms with Gasteiger partial charge < -0.3 is 19.7 Å². The number of carboxylic acids is 1. The number of aliphatic carboxylic acids is 1. The van der Waals surface area contributed by atoms with E-state index in [4.69, 9.17) is 22.6 Å². The van der Waals surface area contributed by atoms with Crippen LogP contribution in [0.2, 0.25) is 0 Å². The molecule has 2 N–H and O–H groups in total. The molecule has 0 unspecified atom stereocenters. The molecule has 9 nitrogen and oxygen atoms in total. The summed E-state index contributed by atoms with van der Waals surface area (Å²) in [5, 5.41) is 18.8. The quantitative estimate of drug-likeness (QED) is 0.112. The molecule has 2 atom stereocenters. The molecule has 0 bridgehead atoms. The summed E-state index contributed by atoms with van der Waals surface area (Å²) in [6.07, 6.45) is 0.782. The Labute approximate surface area is 274 Å². The van der Waals surface area contributed by atoms with Crippen molar-refractivity contribution in [3.8, 4) is 0 Å². The highest BCUT2D eigenvalue weighted by Gasteiger charge is 2.23. The third kappa shape index (κ3) is 13.4. The molecule has 0 spiro atoms. The number of carboxylic acid groups (broad SMARTS) is 1. The third-order valence-electron chi connectivity index (χ3n) is 7.10. The standard InChI is InChI=1S/C19H17NO4.C19H19NO3/c1-20-17-9-7-14(8-10-17)11-16(19(22)23)12-18(21)24-13-15-5-3-2-4-6-15;1-20-18-9-7-15(8-10-18)11-17(13-21)12-19(22)23-14-16-5-3-2-4-6-16/h2-10,16H,11-13H2,(H,22,23);2-10,17,21H,11-14H2/t16-;17-/m11/s1. The number of carbonyl (C=O) groups excluding carboxylic acids is 2. The predicted octanol–water partition coefficient (Wildman–Crippen LogP) is 7.14. The molecule has 4 aromatic carbocycles. The van der Waals surface area contributed by atoms with Gasteiger partial charge in [-0.1, -0.05) is 115 Å². The van der Waals surface area contributed by atoms with E-state index < -0.39 is 17.9 Å². The number of nitrogens with zero attached hydrogens (tertiary/aromatic N) is 2. The van der Waals surface area contributed by atoms with E-state index in [9.17, 15) is 24.6 Å². The van der Waals surface area contributed by atoms with Crippen LogP contribution in [0.3, 0.4) is 0 Å². The fraction of sp³-hybridized carbons (Fsp3) is 0.237. The highest BCUT2D eigenvalue weighted by molar-refractivity contribution is 5.79. The predicted molar refractivity (Wildman–Crippen MR) is 176 cm³/mol. The highest BCUT2D eigenvalue weighted by Crippen LogP contribution is 2.19. The summed E-state index contributed by atoms with van der Waals surface area (Å²) in [6, 6.07) is 32.6. The first kappa shape index (κ1) is 35.7. The number of rotatable bonds is 14. The van der Waals surface area contributed by atoms with E-state index in [0.29, 0.717) is 17.8 Å². The highest BCUT2D eigenvalue weighted by atomic mass is 16.5. The van der Waals surface area contributed by atoms with Crippen LogP contribution >= 0.6 is 0 Å². The zero-order valence-electron chi connectivity index (χ0n) is 25.8. The summed E-state index contributed by atoms with van der Waals surface area (Å²) in [5.41, 5.74) is 4.63. The lowest BCUT2D eigenvalue weighted by Gasteiger charge is -2.14. The van der Waals surface area contributed by atoms with Gasteiger partial charge in [0.1, 0.15) is 13.2 Å². The van der Waals surface area contributed by atoms with E-state index >= 15 is 0 Å². The number of carbonyl (C=O) groups is 3. The molecule has 0 fully saturated rings. The van der Waals surface area contributed by atoms with Crippen LogP contribution in [0.1, 0.15) is 35.1 Å². The van der Waals surface area contributed by atoms with Gasteiger partial charge in [-0.05, 0) is 35.4 Å². The summed E-state index contributed by atoms with van der Waals surface area (Å²) < 4.78 is 10.4. The van der Waals surface area contributed by atoms with Gasteiger partial charge in [0.25, 0.3) is 0 Å². The number of hydrogen-bond donors (Lipinski definition) is 2. The second-order valence-corrected chi connectivity index (χ2v) is 10.7. The first-order valence-electron chi connectivity index (χ1n) is 14.9. The molecule has 0 aliphatic heterocycles. The molecule has 0 saturated heterocycles. The van der Waals surface area contributed by atoms with E-state index in [0.717, 1.165) is 22.3 Å². The number of aliphatic hydroxyl groups is 1. The summed E-state index contributed by atoms with van der Waals surface area (Å²) in [4.78, 5) is 41.8. The van der Waals surface area contributed by atoms with E-state index in [1.165, 1.54) is 0 Å². The van der Waals surface area contributed by atoms with Crippen LogP contribution < -0.4 is 0 Å². The lowest BCUT2D eigenvalue weighted by Crippen LogP contribution is -2.21. The molecule has 9 heteroatoms. The lowest BCUT2D eigenvalue weighted by atomic mass is 9.96. The Morgan fingerprint density at radius 1 is 0.596 bits per heavy atom. The van der Waals surface area contributed by atoms with Gasteiger partial charge in [-0.25, -0.2) is 9.69 Å². The van der Waals surface area contributed by atoms with Gasteiger partial charge in [-0.2, -0.15) is 0 Å². The molecular weight excluding hydrogens is 596 g/mol. The van der Waals surface area contributed by atoms with Crippen molar-refractivity contribution < 1.29 is 34.1 Å². The number of esters is 2. The molecular formula is C38H36N2O7. The SMILES string of the molecule is [C-]#[N+]c1ccc(C[C@@H](CO)CC(=O)OCc2ccccc2)cc1.[C-]#[N+]c1ccc(C[C@H](CC(=O)OCc2ccccc2)C(=O)O)cc1. The number of benzene rings is 4. The van der Waals surface area contributed by atoms with Crippen molar-refractivity contribution in [2.75, 3.05) is 6.61 Å². The zero-order chi connectivity index (χ0) is 33.9. The minimum absolute atomic E-state index is 0.0784. The maximum absolute atomic E-state index is 11.9. The summed E-state index contributed by atoms with van der Waals surface area (Å²) in [5.74, 6) is -2.93. The van der Waals surface area contributed by atoms with Crippen molar-refractivity contribution in [1.82, 2.24) is 0 Å². The number of hydrogen-bond acceptors (Lipinski definition) is 6. The number of aliphatic hydroxyl groups excluding tert-OH is 1. The Morgan fingerprint density at radius 3 is 1.43 bits per heavy atom. The molecule has 240 valence electrons. The van der Waals surface area contributed by atoms with Crippen LogP contribution in [0.25, 0.3) is 9.69 Å². The molecule has 0 amide bonds. The summed E-state index contributed by atoms with van der Waals surface area (Å²) >= 11 is 0. The topological polar surface area (TPSA) is 119 Å². The van der Waals surface area contributed by atoms with Gasteiger partial charge in [0.05, 0.1) is 31.9 Å². The normalized spacial score (nSPS) is 11.4. The van der Waals surface area contributed by atoms with Gasteiger partial charge >= 0.3 is 17.9 Å². The van der Waals surface area contributed by atoms with E-state index in [1.807, 2.05) is 72.8 Å². The van der Waals surface area contributed by atoms with Crippen molar-refractivity contribution in [3.05, 3.63) is 154 Å². The Balaban J connectivity index is 0.000000256.